The summed E-state index contributed by atoms with van der Waals surface area (Å²) in [6.45, 7) is 12.1. The van der Waals surface area contributed by atoms with E-state index >= 15 is 0 Å². The van der Waals surface area contributed by atoms with Crippen LogP contribution in [0.15, 0.2) is 0 Å². The van der Waals surface area contributed by atoms with Crippen molar-refractivity contribution in [3.63, 3.8) is 0 Å². The first-order valence-corrected chi connectivity index (χ1v) is 20.6. The summed E-state index contributed by atoms with van der Waals surface area (Å²) in [4.78, 5) is 13.0. The molecule has 0 unspecified atom stereocenters. The Labute approximate surface area is 397 Å². The normalized spacial score (nSPS) is 13.6. The number of ether oxygens (including phenoxy) is 4. The Hall–Kier alpha value is -6.01. The van der Waals surface area contributed by atoms with Crippen LogP contribution in [0.2, 0.25) is 0 Å². The van der Waals surface area contributed by atoms with Crippen molar-refractivity contribution in [1.82, 2.24) is 5.32 Å². The lowest BCUT2D eigenvalue weighted by Gasteiger charge is -2.33. The summed E-state index contributed by atoms with van der Waals surface area (Å²) < 4.78 is 23.7. The minimum atomic E-state index is -0.820. The maximum absolute atomic E-state index is 13.0. The van der Waals surface area contributed by atoms with Gasteiger partial charge in [0.05, 0.1) is 38.1 Å². The highest BCUT2D eigenvalue weighted by molar-refractivity contribution is 5.94. The zero-order chi connectivity index (χ0) is 43.8. The van der Waals surface area contributed by atoms with Gasteiger partial charge >= 0.3 is 0 Å². The average Bonchev–Trinajstić information content (AvgIpc) is 3.57. The summed E-state index contributed by atoms with van der Waals surface area (Å²) in [5.41, 5.74) is 0. The van der Waals surface area contributed by atoms with Gasteiger partial charge in [-0.2, -0.15) is 0 Å². The van der Waals surface area contributed by atoms with Gasteiger partial charge in [-0.3, -0.25) is 4.79 Å². The summed E-state index contributed by atoms with van der Waals surface area (Å²) in [6.07, 6.45) is 13.3. The van der Waals surface area contributed by atoms with Gasteiger partial charge in [-0.25, -0.2) is 0 Å². The summed E-state index contributed by atoms with van der Waals surface area (Å²) in [6, 6.07) is -0.685. The van der Waals surface area contributed by atoms with Crippen LogP contribution >= 0.6 is 0 Å². The molecule has 0 spiro atoms. The molecular formula is C53H105NO6. The second-order valence-electron chi connectivity index (χ2n) is 14.1. The van der Waals surface area contributed by atoms with Crippen LogP contribution in [0.4, 0.5) is 0 Å². The smallest absolute Gasteiger partial charge is 0.297 e. The number of hydrogen-bond acceptors (Lipinski definition) is 6. The molecule has 1 aliphatic rings. The van der Waals surface area contributed by atoms with Crippen molar-refractivity contribution in [3.8, 4) is 142 Å². The van der Waals surface area contributed by atoms with Crippen molar-refractivity contribution in [2.45, 2.75) is 161 Å². The van der Waals surface area contributed by atoms with Crippen LogP contribution < -0.4 is 5.32 Å². The van der Waals surface area contributed by atoms with Crippen molar-refractivity contribution >= 4 is 5.91 Å². The van der Waals surface area contributed by atoms with E-state index in [1.807, 2.05) is 27.7 Å². The van der Waals surface area contributed by atoms with Gasteiger partial charge in [0.25, 0.3) is 5.91 Å². The molecule has 1 rings (SSSR count). The van der Waals surface area contributed by atoms with Gasteiger partial charge in [0.2, 0.25) is 0 Å². The molecule has 0 aromatic heterocycles. The van der Waals surface area contributed by atoms with Crippen molar-refractivity contribution in [2.75, 3.05) is 19.8 Å². The van der Waals surface area contributed by atoms with Gasteiger partial charge in [-0.15, -0.1) is 0 Å². The van der Waals surface area contributed by atoms with Crippen molar-refractivity contribution < 1.29 is 63.1 Å². The molecule has 1 fully saturated rings. The zero-order valence-corrected chi connectivity index (χ0v) is 36.2. The third-order valence-electron chi connectivity index (χ3n) is 8.16. The Kier molecular flexibility index (Phi) is 31.3. The van der Waals surface area contributed by atoms with Crippen LogP contribution in [-0.2, 0) is 23.7 Å². The second kappa shape index (κ2) is 36.1. The minimum Gasteiger partial charge on any atom is -0.390 e. The highest BCUT2D eigenvalue weighted by Gasteiger charge is 2.34. The number of hydrogen-bond donors (Lipinski definition) is 2. The van der Waals surface area contributed by atoms with Gasteiger partial charge in [0, 0.05) is 75.7 Å². The van der Waals surface area contributed by atoms with Crippen LogP contribution in [0.1, 0.15) is 159 Å². The van der Waals surface area contributed by atoms with Gasteiger partial charge < -0.3 is 29.4 Å². The van der Waals surface area contributed by atoms with E-state index in [2.05, 4.69) is 154 Å². The first kappa shape index (κ1) is 52.0. The zero-order valence-electron chi connectivity index (χ0n) is 36.2. The van der Waals surface area contributed by atoms with Crippen LogP contribution in [0, 0.1) is 142 Å². The molecule has 60 heavy (non-hydrogen) atoms. The fraction of sp³-hybridized carbons (Fsp3) is 0.528. The summed E-state index contributed by atoms with van der Waals surface area (Å²) >= 11 is 0. The van der Waals surface area contributed by atoms with Gasteiger partial charge in [0.15, 0.2) is 5.79 Å². The molecule has 0 aliphatic carbocycles. The van der Waals surface area contributed by atoms with Crippen molar-refractivity contribution in [2.24, 2.45) is 0 Å². The molecule has 1 aliphatic heterocycles. The quantitative estimate of drug-likeness (QED) is 0.0833. The van der Waals surface area contributed by atoms with E-state index < -0.39 is 29.9 Å². The standard InChI is InChI=1S/C53H57NO6.24H2/c1-7-9-11-13-15-17-19-21-22-23-24-25-26-27-28-29-30-31-33-35-37-39-41-43-51(56)54-49(46-57-44-48-45-58-53(5,6)60-48)52(59-47(3)4)50(55)42-40-38-36-34-32-20-18-16-14-12-10-8-2;;;;;;;;;;;;;;;;;;;;;;;;/h47-50,52,55H,8,10,12,14,16,18,20,32,34,36,38,40,42,44-46H2,1-6H3,(H,54,56);24*1H/t48-,49-,50+,52-;;;;;;;;;;;;;;;;;;;;;;;;/m0......................../s1. The van der Waals surface area contributed by atoms with Crippen molar-refractivity contribution in [1.29, 1.82) is 0 Å². The van der Waals surface area contributed by atoms with E-state index in [1.165, 1.54) is 57.8 Å². The topological polar surface area (TPSA) is 86.3 Å². The Morgan fingerprint density at radius 1 is 0.683 bits per heavy atom. The van der Waals surface area contributed by atoms with E-state index in [9.17, 15) is 9.90 Å². The number of aliphatic hydroxyl groups excluding tert-OH is 1. The predicted octanol–water partition coefficient (Wildman–Crippen LogP) is 11.8. The lowest BCUT2D eigenvalue weighted by Crippen LogP contribution is -2.53. The Morgan fingerprint density at radius 2 is 1.10 bits per heavy atom. The molecule has 0 radical (unpaired) electrons. The number of unbranched alkanes of at least 4 members (excludes halogenated alkanes) is 11. The second-order valence-corrected chi connectivity index (χ2v) is 14.1. The van der Waals surface area contributed by atoms with Crippen LogP contribution in [0.3, 0.4) is 0 Å². The third-order valence-corrected chi connectivity index (χ3v) is 8.16. The molecule has 4 atom stereocenters. The lowest BCUT2D eigenvalue weighted by molar-refractivity contribution is -0.147. The van der Waals surface area contributed by atoms with Crippen LogP contribution in [-0.4, -0.2) is 67.1 Å². The van der Waals surface area contributed by atoms with Crippen LogP contribution in [0.5, 0.6) is 0 Å². The fourth-order valence-corrected chi connectivity index (χ4v) is 5.50. The van der Waals surface area contributed by atoms with Gasteiger partial charge in [-0.1, -0.05) is 89.9 Å². The maximum Gasteiger partial charge on any atom is 0.297 e. The summed E-state index contributed by atoms with van der Waals surface area (Å²) in [7, 11) is 0. The lowest BCUT2D eigenvalue weighted by atomic mass is 9.98. The fourth-order valence-electron chi connectivity index (χ4n) is 5.50. The first-order chi connectivity index (χ1) is 29.2. The van der Waals surface area contributed by atoms with E-state index in [0.717, 1.165) is 19.3 Å². The largest absolute Gasteiger partial charge is 0.390 e. The Bertz CT molecular complexity index is 2200. The molecule has 1 heterocycles. The molecule has 358 valence electrons. The SMILES string of the molecule is CC#CC#CC#CC#CC#CC#CC#CC#CC#CC#CC#CC#CC(=O)N[C@@H](COC[C@H]1COC(C)(C)O1)[C@H](OC(C)C)[C@H](O)CCCCCCCCCCCCCC.[HH].[HH].[HH].[HH].[HH].[HH].[HH].[HH].[HH].[HH].[HH].[HH].[HH].[HH].[HH].[HH].[HH].[HH].[HH].[HH].[HH].[HH].[HH].[HH]. The highest BCUT2D eigenvalue weighted by Crippen LogP contribution is 2.23. The predicted molar refractivity (Wildman–Crippen MR) is 289 cm³/mol. The molecule has 0 aromatic rings. The maximum atomic E-state index is 13.0. The van der Waals surface area contributed by atoms with Crippen molar-refractivity contribution in [3.05, 3.63) is 0 Å². The molecule has 0 bridgehead atoms. The first-order valence-electron chi connectivity index (χ1n) is 20.6. The average molecular weight is 852 g/mol. The molecule has 0 saturated carbocycles. The monoisotopic (exact) mass is 852 g/mol. The minimum absolute atomic E-state index is 0. The third kappa shape index (κ3) is 31.0. The molecule has 7 heteroatoms. The van der Waals surface area contributed by atoms with E-state index in [1.54, 1.807) is 6.92 Å². The summed E-state index contributed by atoms with van der Waals surface area (Å²) in [5.74, 6) is 59.4. The number of carbonyl (C=O) groups is 1. The number of nitrogens with one attached hydrogen (secondary N) is 1. The number of carbonyl (C=O) groups excluding carboxylic acids is 1. The number of amides is 1. The van der Waals surface area contributed by atoms with Gasteiger partial charge in [-0.05, 0) is 136 Å². The molecule has 1 amide bonds. The molecule has 2 N–H and O–H groups in total. The highest BCUT2D eigenvalue weighted by atomic mass is 16.7. The number of aliphatic hydroxyl groups is 1. The van der Waals surface area contributed by atoms with E-state index in [-0.39, 0.29) is 59.7 Å². The Morgan fingerprint density at radius 3 is 1.50 bits per heavy atom. The van der Waals surface area contributed by atoms with E-state index in [0.29, 0.717) is 13.0 Å². The number of rotatable bonds is 22. The molecular weight excluding hydrogens is 747 g/mol. The van der Waals surface area contributed by atoms with Crippen LogP contribution in [0.25, 0.3) is 0 Å². The summed E-state index contributed by atoms with van der Waals surface area (Å²) in [5, 5.41) is 14.2. The molecule has 7 nitrogen and oxygen atoms in total. The van der Waals surface area contributed by atoms with E-state index in [4.69, 9.17) is 18.9 Å². The Balaban J connectivity index is -0.0000000682. The molecule has 1 saturated heterocycles. The molecule has 0 aromatic carbocycles. The van der Waals surface area contributed by atoms with Gasteiger partial charge in [0.1, 0.15) is 12.2 Å².